The molecule has 0 aliphatic heterocycles. The highest BCUT2D eigenvalue weighted by Crippen LogP contribution is 2.19. The monoisotopic (exact) mass is 247 g/mol. The van der Waals surface area contributed by atoms with Gasteiger partial charge in [-0.25, -0.2) is 0 Å². The second-order valence-electron chi connectivity index (χ2n) is 4.76. The normalized spacial score (nSPS) is 12.9. The third-order valence-corrected chi connectivity index (χ3v) is 3.27. The van der Waals surface area contributed by atoms with E-state index >= 15 is 0 Å². The topological polar surface area (TPSA) is 61.7 Å². The van der Waals surface area contributed by atoms with Gasteiger partial charge in [-0.2, -0.15) is 10.2 Å². The van der Waals surface area contributed by atoms with Crippen molar-refractivity contribution in [2.24, 2.45) is 19.8 Å². The smallest absolute Gasteiger partial charge is 0.0641 e. The second kappa shape index (κ2) is 4.94. The fourth-order valence-corrected chi connectivity index (χ4v) is 2.25. The Labute approximate surface area is 108 Å². The molecule has 18 heavy (non-hydrogen) atoms. The van der Waals surface area contributed by atoms with Crippen molar-refractivity contribution in [3.63, 3.8) is 0 Å². The van der Waals surface area contributed by atoms with Crippen LogP contribution in [-0.4, -0.2) is 19.6 Å². The Morgan fingerprint density at radius 2 is 2.06 bits per heavy atom. The van der Waals surface area contributed by atoms with Crippen LogP contribution in [0, 0.1) is 6.92 Å². The standard InChI is InChI=1S/C13H21N5/c1-5-10-6-11(18(4)16-10)7-13(14)12-8-17(3)15-9(12)2/h6,8,13H,5,7,14H2,1-4H3. The first kappa shape index (κ1) is 12.8. The Bertz CT molecular complexity index is 538. The quantitative estimate of drug-likeness (QED) is 0.885. The van der Waals surface area contributed by atoms with Crippen molar-refractivity contribution in [2.45, 2.75) is 32.7 Å². The Kier molecular flexibility index (Phi) is 3.52. The van der Waals surface area contributed by atoms with Gasteiger partial charge in [0, 0.05) is 44.0 Å². The first-order chi connectivity index (χ1) is 8.51. The van der Waals surface area contributed by atoms with E-state index in [9.17, 15) is 0 Å². The minimum Gasteiger partial charge on any atom is -0.324 e. The van der Waals surface area contributed by atoms with Gasteiger partial charge < -0.3 is 5.73 Å². The molecular weight excluding hydrogens is 226 g/mol. The second-order valence-corrected chi connectivity index (χ2v) is 4.76. The van der Waals surface area contributed by atoms with Gasteiger partial charge in [0.15, 0.2) is 0 Å². The lowest BCUT2D eigenvalue weighted by molar-refractivity contribution is 0.636. The van der Waals surface area contributed by atoms with Gasteiger partial charge >= 0.3 is 0 Å². The first-order valence-electron chi connectivity index (χ1n) is 6.28. The third-order valence-electron chi connectivity index (χ3n) is 3.27. The highest BCUT2D eigenvalue weighted by molar-refractivity contribution is 5.22. The lowest BCUT2D eigenvalue weighted by Gasteiger charge is -2.10. The number of hydrogen-bond acceptors (Lipinski definition) is 3. The van der Waals surface area contributed by atoms with E-state index in [1.54, 1.807) is 0 Å². The largest absolute Gasteiger partial charge is 0.324 e. The van der Waals surface area contributed by atoms with Crippen molar-refractivity contribution >= 4 is 0 Å². The van der Waals surface area contributed by atoms with Crippen LogP contribution < -0.4 is 5.73 Å². The summed E-state index contributed by atoms with van der Waals surface area (Å²) in [6.45, 7) is 4.10. The van der Waals surface area contributed by atoms with Gasteiger partial charge in [0.1, 0.15) is 0 Å². The summed E-state index contributed by atoms with van der Waals surface area (Å²) in [6, 6.07) is 2.10. The Hall–Kier alpha value is -1.62. The molecule has 0 aliphatic carbocycles. The van der Waals surface area contributed by atoms with Gasteiger partial charge in [0.05, 0.1) is 11.4 Å². The molecule has 5 nitrogen and oxygen atoms in total. The van der Waals surface area contributed by atoms with Gasteiger partial charge in [0.25, 0.3) is 0 Å². The van der Waals surface area contributed by atoms with Crippen LogP contribution in [0.2, 0.25) is 0 Å². The zero-order valence-electron chi connectivity index (χ0n) is 11.5. The maximum Gasteiger partial charge on any atom is 0.0641 e. The van der Waals surface area contributed by atoms with Crippen molar-refractivity contribution in [2.75, 3.05) is 0 Å². The van der Waals surface area contributed by atoms with Crippen molar-refractivity contribution in [3.05, 3.63) is 34.9 Å². The minimum absolute atomic E-state index is 0.0289. The molecule has 0 saturated heterocycles. The van der Waals surface area contributed by atoms with Crippen molar-refractivity contribution < 1.29 is 0 Å². The molecule has 0 spiro atoms. The number of nitrogens with two attached hydrogens (primary N) is 1. The molecule has 1 atom stereocenters. The molecule has 1 unspecified atom stereocenters. The molecule has 0 bridgehead atoms. The summed E-state index contributed by atoms with van der Waals surface area (Å²) < 4.78 is 3.73. The molecule has 2 N–H and O–H groups in total. The van der Waals surface area contributed by atoms with Crippen LogP contribution in [0.5, 0.6) is 0 Å². The van der Waals surface area contributed by atoms with Crippen LogP contribution in [0.4, 0.5) is 0 Å². The molecule has 2 aromatic rings. The number of aryl methyl sites for hydroxylation is 4. The summed E-state index contributed by atoms with van der Waals surface area (Å²) >= 11 is 0. The molecule has 2 aromatic heterocycles. The van der Waals surface area contributed by atoms with E-state index in [0.29, 0.717) is 0 Å². The fourth-order valence-electron chi connectivity index (χ4n) is 2.25. The van der Waals surface area contributed by atoms with Gasteiger partial charge in [-0.3, -0.25) is 9.36 Å². The lowest BCUT2D eigenvalue weighted by Crippen LogP contribution is -2.15. The summed E-state index contributed by atoms with van der Waals surface area (Å²) in [5, 5.41) is 8.78. The average molecular weight is 247 g/mol. The molecule has 0 saturated carbocycles. The molecule has 0 aromatic carbocycles. The van der Waals surface area contributed by atoms with Gasteiger partial charge in [-0.05, 0) is 19.4 Å². The maximum absolute atomic E-state index is 6.27. The Balaban J connectivity index is 2.18. The van der Waals surface area contributed by atoms with Crippen LogP contribution in [0.25, 0.3) is 0 Å². The van der Waals surface area contributed by atoms with E-state index in [1.807, 2.05) is 36.6 Å². The van der Waals surface area contributed by atoms with E-state index < -0.39 is 0 Å². The first-order valence-corrected chi connectivity index (χ1v) is 6.28. The molecule has 0 radical (unpaired) electrons. The summed E-state index contributed by atoms with van der Waals surface area (Å²) in [7, 11) is 3.89. The molecule has 2 rings (SSSR count). The summed E-state index contributed by atoms with van der Waals surface area (Å²) in [5.74, 6) is 0. The van der Waals surface area contributed by atoms with Crippen LogP contribution in [0.15, 0.2) is 12.3 Å². The van der Waals surface area contributed by atoms with Crippen molar-refractivity contribution in [3.8, 4) is 0 Å². The predicted octanol–water partition coefficient (Wildman–Crippen LogP) is 1.27. The van der Waals surface area contributed by atoms with Gasteiger partial charge in [-0.1, -0.05) is 6.92 Å². The fraction of sp³-hybridized carbons (Fsp3) is 0.538. The molecule has 0 aliphatic rings. The van der Waals surface area contributed by atoms with Crippen molar-refractivity contribution in [1.82, 2.24) is 19.6 Å². The van der Waals surface area contributed by atoms with Crippen LogP contribution >= 0.6 is 0 Å². The van der Waals surface area contributed by atoms with Gasteiger partial charge in [-0.15, -0.1) is 0 Å². The molecule has 2 heterocycles. The van der Waals surface area contributed by atoms with Crippen LogP contribution in [-0.2, 0) is 26.9 Å². The van der Waals surface area contributed by atoms with E-state index in [4.69, 9.17) is 5.73 Å². The highest BCUT2D eigenvalue weighted by atomic mass is 15.3. The number of aromatic nitrogens is 4. The zero-order chi connectivity index (χ0) is 13.3. The average Bonchev–Trinajstić information content (AvgIpc) is 2.82. The summed E-state index contributed by atoms with van der Waals surface area (Å²) in [5.41, 5.74) is 10.7. The molecular formula is C13H21N5. The number of nitrogens with zero attached hydrogens (tertiary/aromatic N) is 4. The van der Waals surface area contributed by atoms with Crippen LogP contribution in [0.3, 0.4) is 0 Å². The maximum atomic E-state index is 6.27. The van der Waals surface area contributed by atoms with Crippen molar-refractivity contribution in [1.29, 1.82) is 0 Å². The Morgan fingerprint density at radius 3 is 2.56 bits per heavy atom. The summed E-state index contributed by atoms with van der Waals surface area (Å²) in [6.07, 6.45) is 3.74. The van der Waals surface area contributed by atoms with E-state index in [-0.39, 0.29) is 6.04 Å². The number of rotatable bonds is 4. The van der Waals surface area contributed by atoms with Crippen LogP contribution in [0.1, 0.15) is 35.6 Å². The van der Waals surface area contributed by atoms with Gasteiger partial charge in [0.2, 0.25) is 0 Å². The lowest BCUT2D eigenvalue weighted by atomic mass is 10.0. The predicted molar refractivity (Wildman–Crippen MR) is 71.2 cm³/mol. The zero-order valence-corrected chi connectivity index (χ0v) is 11.5. The van der Waals surface area contributed by atoms with E-state index in [1.165, 1.54) is 5.69 Å². The Morgan fingerprint density at radius 1 is 1.33 bits per heavy atom. The molecule has 0 amide bonds. The summed E-state index contributed by atoms with van der Waals surface area (Å²) in [4.78, 5) is 0. The van der Waals surface area contributed by atoms with E-state index in [2.05, 4.69) is 23.2 Å². The molecule has 0 fully saturated rings. The molecule has 5 heteroatoms. The third kappa shape index (κ3) is 2.46. The number of hydrogen-bond donors (Lipinski definition) is 1. The highest BCUT2D eigenvalue weighted by Gasteiger charge is 2.15. The SMILES string of the molecule is CCc1cc(CC(N)c2cn(C)nc2C)n(C)n1. The minimum atomic E-state index is -0.0289. The molecule has 98 valence electrons. The van der Waals surface area contributed by atoms with E-state index in [0.717, 1.165) is 29.8 Å².